The second-order valence-corrected chi connectivity index (χ2v) is 2.20. The van der Waals surface area contributed by atoms with Crippen LogP contribution in [0.15, 0.2) is 25.4 Å². The van der Waals surface area contributed by atoms with Gasteiger partial charge in [0, 0.05) is 12.3 Å². The molecule has 0 aliphatic heterocycles. The van der Waals surface area contributed by atoms with Crippen LogP contribution in [0.3, 0.4) is 0 Å². The Morgan fingerprint density at radius 1 is 1.27 bits per heavy atom. The summed E-state index contributed by atoms with van der Waals surface area (Å²) in [7, 11) is 0. The van der Waals surface area contributed by atoms with Crippen molar-refractivity contribution in [3.63, 3.8) is 0 Å². The van der Waals surface area contributed by atoms with Crippen LogP contribution in [0.1, 0.15) is 6.42 Å². The van der Waals surface area contributed by atoms with Gasteiger partial charge in [-0.15, -0.1) is 0 Å². The topological polar surface area (TPSA) is 98.1 Å². The number of hydrogen-bond donors (Lipinski definition) is 3. The summed E-state index contributed by atoms with van der Waals surface area (Å²) >= 11 is 0. The molecule has 6 nitrogen and oxygen atoms in total. The molecule has 1 amide bonds. The fraction of sp³-hybridized carbons (Fsp3) is 0.333. The third-order valence-corrected chi connectivity index (χ3v) is 1.19. The van der Waals surface area contributed by atoms with Gasteiger partial charge in [0.2, 0.25) is 5.91 Å². The average Bonchev–Trinajstić information content (AvgIpc) is 2.21. The van der Waals surface area contributed by atoms with Crippen LogP contribution in [0.4, 0.5) is 0 Å². The van der Waals surface area contributed by atoms with Crippen molar-refractivity contribution in [3.05, 3.63) is 25.4 Å². The fourth-order valence-electron chi connectivity index (χ4n) is 0.478. The summed E-state index contributed by atoms with van der Waals surface area (Å²) in [5.41, 5.74) is 0. The molecule has 3 N–H and O–H groups in total. The molecule has 0 aromatic carbocycles. The number of carboxylic acid groups (broad SMARTS) is 1. The normalized spacial score (nSPS) is 8.13. The van der Waals surface area contributed by atoms with Crippen LogP contribution in [0.5, 0.6) is 0 Å². The lowest BCUT2D eigenvalue weighted by Crippen LogP contribution is -2.26. The van der Waals surface area contributed by atoms with Crippen molar-refractivity contribution in [2.24, 2.45) is 0 Å². The number of nitrogens with zero attached hydrogens (tertiary/aromatic N) is 1. The molecule has 0 rings (SSSR count). The van der Waals surface area contributed by atoms with Crippen LogP contribution in [-0.4, -0.2) is 45.4 Å². The van der Waals surface area contributed by atoms with Crippen LogP contribution in [-0.2, 0) is 9.59 Å². The quantitative estimate of drug-likeness (QED) is 0.428. The highest BCUT2D eigenvalue weighted by atomic mass is 16.4. The molecule has 0 saturated heterocycles. The Morgan fingerprint density at radius 2 is 1.73 bits per heavy atom. The van der Waals surface area contributed by atoms with Crippen LogP contribution >= 0.6 is 0 Å². The third-order valence-electron chi connectivity index (χ3n) is 1.19. The zero-order valence-corrected chi connectivity index (χ0v) is 8.30. The molecule has 0 bridgehead atoms. The molecule has 0 atom stereocenters. The van der Waals surface area contributed by atoms with Gasteiger partial charge in [0.1, 0.15) is 6.73 Å². The number of aliphatic hydroxyl groups excluding tert-OH is 2. The van der Waals surface area contributed by atoms with Crippen molar-refractivity contribution in [2.45, 2.75) is 6.42 Å². The van der Waals surface area contributed by atoms with Crippen molar-refractivity contribution in [2.75, 3.05) is 13.3 Å². The van der Waals surface area contributed by atoms with Gasteiger partial charge in [0.15, 0.2) is 0 Å². The summed E-state index contributed by atoms with van der Waals surface area (Å²) in [6, 6.07) is 0. The Hall–Kier alpha value is -1.66. The maximum Gasteiger partial charge on any atom is 0.327 e. The number of amides is 1. The maximum absolute atomic E-state index is 10.7. The minimum absolute atomic E-state index is 0.0204. The molecule has 86 valence electrons. The molecular weight excluding hydrogens is 202 g/mol. The van der Waals surface area contributed by atoms with E-state index in [1.165, 1.54) is 6.20 Å². The smallest absolute Gasteiger partial charge is 0.327 e. The van der Waals surface area contributed by atoms with Crippen LogP contribution in [0.2, 0.25) is 0 Å². The summed E-state index contributed by atoms with van der Waals surface area (Å²) in [6.45, 7) is 5.67. The molecule has 15 heavy (non-hydrogen) atoms. The van der Waals surface area contributed by atoms with E-state index in [2.05, 4.69) is 13.2 Å². The van der Waals surface area contributed by atoms with E-state index in [-0.39, 0.29) is 25.7 Å². The van der Waals surface area contributed by atoms with Gasteiger partial charge in [0.25, 0.3) is 0 Å². The molecule has 0 aromatic heterocycles. The van der Waals surface area contributed by atoms with Crippen LogP contribution in [0.25, 0.3) is 0 Å². The Kier molecular flexibility index (Phi) is 11.0. The van der Waals surface area contributed by atoms with E-state index in [4.69, 9.17) is 15.3 Å². The largest absolute Gasteiger partial charge is 0.478 e. The number of carbonyl (C=O) groups excluding carboxylic acids is 1. The van der Waals surface area contributed by atoms with E-state index >= 15 is 0 Å². The number of aliphatic hydroxyl groups is 2. The summed E-state index contributed by atoms with van der Waals surface area (Å²) in [5.74, 6) is -1.31. The second-order valence-electron chi connectivity index (χ2n) is 2.20. The van der Waals surface area contributed by atoms with Crippen molar-refractivity contribution >= 4 is 11.9 Å². The first kappa shape index (κ1) is 15.8. The lowest BCUT2D eigenvalue weighted by Gasteiger charge is -2.12. The van der Waals surface area contributed by atoms with E-state index in [0.29, 0.717) is 0 Å². The number of carbonyl (C=O) groups is 2. The lowest BCUT2D eigenvalue weighted by atomic mass is 10.4. The summed E-state index contributed by atoms with van der Waals surface area (Å²) < 4.78 is 0. The van der Waals surface area contributed by atoms with E-state index in [1.54, 1.807) is 0 Å². The SMILES string of the molecule is C=CC(=O)O.C=CN(CO)C(=O)CCO. The molecule has 0 unspecified atom stereocenters. The molecule has 0 spiro atoms. The van der Waals surface area contributed by atoms with E-state index in [9.17, 15) is 9.59 Å². The Morgan fingerprint density at radius 3 is 1.93 bits per heavy atom. The minimum atomic E-state index is -0.981. The molecule has 0 saturated carbocycles. The van der Waals surface area contributed by atoms with Gasteiger partial charge in [-0.05, 0) is 0 Å². The Bertz CT molecular complexity index is 227. The number of rotatable bonds is 5. The molecule has 0 aliphatic rings. The van der Waals surface area contributed by atoms with Gasteiger partial charge >= 0.3 is 5.97 Å². The molecule has 0 heterocycles. The van der Waals surface area contributed by atoms with E-state index < -0.39 is 5.97 Å². The highest BCUT2D eigenvalue weighted by Gasteiger charge is 2.06. The number of aliphatic carboxylic acids is 1. The van der Waals surface area contributed by atoms with Crippen molar-refractivity contribution in [3.8, 4) is 0 Å². The molecular formula is C9H15NO5. The van der Waals surface area contributed by atoms with Crippen molar-refractivity contribution < 1.29 is 24.9 Å². The number of carboxylic acids is 1. The highest BCUT2D eigenvalue weighted by Crippen LogP contribution is 1.91. The lowest BCUT2D eigenvalue weighted by molar-refractivity contribution is -0.132. The van der Waals surface area contributed by atoms with Crippen LogP contribution in [0, 0.1) is 0 Å². The van der Waals surface area contributed by atoms with Crippen molar-refractivity contribution in [1.29, 1.82) is 0 Å². The zero-order valence-electron chi connectivity index (χ0n) is 8.30. The molecule has 6 heteroatoms. The Balaban J connectivity index is 0. The first-order valence-electron chi connectivity index (χ1n) is 4.02. The third kappa shape index (κ3) is 10.3. The molecule has 0 radical (unpaired) electrons. The van der Waals surface area contributed by atoms with E-state index in [0.717, 1.165) is 11.0 Å². The van der Waals surface area contributed by atoms with Gasteiger partial charge in [-0.2, -0.15) is 0 Å². The monoisotopic (exact) mass is 217 g/mol. The summed E-state index contributed by atoms with van der Waals surface area (Å²) in [6.07, 6.45) is 2.07. The maximum atomic E-state index is 10.7. The fourth-order valence-corrected chi connectivity index (χ4v) is 0.478. The molecule has 0 aliphatic carbocycles. The predicted octanol–water partition coefficient (Wildman–Crippen LogP) is -0.452. The molecule has 0 fully saturated rings. The van der Waals surface area contributed by atoms with Gasteiger partial charge in [-0.3, -0.25) is 9.69 Å². The first-order chi connectivity index (χ1) is 7.03. The second kappa shape index (κ2) is 10.4. The van der Waals surface area contributed by atoms with E-state index in [1.807, 2.05) is 0 Å². The molecule has 0 aromatic rings. The van der Waals surface area contributed by atoms with Gasteiger partial charge in [-0.25, -0.2) is 4.79 Å². The van der Waals surface area contributed by atoms with Gasteiger partial charge < -0.3 is 15.3 Å². The summed E-state index contributed by atoms with van der Waals surface area (Å²) in [4.78, 5) is 21.0. The highest BCUT2D eigenvalue weighted by molar-refractivity contribution is 5.78. The Labute approximate surface area is 87.8 Å². The number of hydrogen-bond acceptors (Lipinski definition) is 4. The van der Waals surface area contributed by atoms with Crippen LogP contribution < -0.4 is 0 Å². The van der Waals surface area contributed by atoms with Crippen molar-refractivity contribution in [1.82, 2.24) is 4.90 Å². The standard InChI is InChI=1S/C6H11NO3.C3H4O2/c1-2-7(5-9)6(10)3-4-8;1-2-3(4)5/h2,8-9H,1,3-5H2;2H,1H2,(H,4,5). The van der Waals surface area contributed by atoms with Gasteiger partial charge in [0.05, 0.1) is 13.0 Å². The minimum Gasteiger partial charge on any atom is -0.478 e. The summed E-state index contributed by atoms with van der Waals surface area (Å²) in [5, 5.41) is 24.4. The average molecular weight is 217 g/mol. The first-order valence-corrected chi connectivity index (χ1v) is 4.02. The zero-order chi connectivity index (χ0) is 12.3. The van der Waals surface area contributed by atoms with Gasteiger partial charge in [-0.1, -0.05) is 13.2 Å². The predicted molar refractivity (Wildman–Crippen MR) is 53.7 cm³/mol.